The molecule has 0 aliphatic rings. The zero-order valence-electron chi connectivity index (χ0n) is 8.97. The number of nitrogens with two attached hydrogens (primary N) is 1. The maximum absolute atomic E-state index is 5.51. The molecule has 0 saturated carbocycles. The van der Waals surface area contributed by atoms with E-state index in [4.69, 9.17) is 5.73 Å². The number of hydrogen-bond donors (Lipinski definition) is 1. The lowest BCUT2D eigenvalue weighted by atomic mass is 9.85. The van der Waals surface area contributed by atoms with Gasteiger partial charge >= 0.3 is 0 Å². The van der Waals surface area contributed by atoms with Crippen LogP contribution in [0.15, 0.2) is 0 Å². The molecule has 0 bridgehead atoms. The third-order valence-electron chi connectivity index (χ3n) is 2.89. The molecule has 0 rings (SSSR count). The highest BCUT2D eigenvalue weighted by molar-refractivity contribution is 4.65. The monoisotopic (exact) mass is 171 g/mol. The first-order valence-electron chi connectivity index (χ1n) is 5.46. The van der Waals surface area contributed by atoms with Gasteiger partial charge < -0.3 is 5.73 Å². The fraction of sp³-hybridized carbons (Fsp3) is 1.00. The van der Waals surface area contributed by atoms with E-state index in [1.165, 1.54) is 32.1 Å². The van der Waals surface area contributed by atoms with Gasteiger partial charge in [-0.2, -0.15) is 0 Å². The van der Waals surface area contributed by atoms with Gasteiger partial charge in [0.25, 0.3) is 0 Å². The fourth-order valence-electron chi connectivity index (χ4n) is 1.80. The molecule has 2 unspecified atom stereocenters. The van der Waals surface area contributed by atoms with Crippen molar-refractivity contribution in [3.05, 3.63) is 0 Å². The summed E-state index contributed by atoms with van der Waals surface area (Å²) in [6.45, 7) is 7.79. The maximum Gasteiger partial charge on any atom is -0.00772 e. The minimum absolute atomic E-state index is 0.858. The van der Waals surface area contributed by atoms with Gasteiger partial charge in [0.2, 0.25) is 0 Å². The molecule has 12 heavy (non-hydrogen) atoms. The van der Waals surface area contributed by atoms with Crippen molar-refractivity contribution in [2.45, 2.75) is 52.9 Å². The van der Waals surface area contributed by atoms with Gasteiger partial charge in [0.05, 0.1) is 0 Å². The summed E-state index contributed by atoms with van der Waals surface area (Å²) < 4.78 is 0. The van der Waals surface area contributed by atoms with E-state index in [9.17, 15) is 0 Å². The summed E-state index contributed by atoms with van der Waals surface area (Å²) in [5.41, 5.74) is 5.51. The van der Waals surface area contributed by atoms with Crippen molar-refractivity contribution in [3.8, 4) is 0 Å². The summed E-state index contributed by atoms with van der Waals surface area (Å²) in [6.07, 6.45) is 6.55. The summed E-state index contributed by atoms with van der Waals surface area (Å²) in [7, 11) is 0. The Kier molecular flexibility index (Phi) is 7.58. The van der Waals surface area contributed by atoms with E-state index >= 15 is 0 Å². The second-order valence-corrected chi connectivity index (χ2v) is 3.87. The Labute approximate surface area is 77.7 Å². The van der Waals surface area contributed by atoms with E-state index in [-0.39, 0.29) is 0 Å². The molecule has 0 heterocycles. The molecule has 0 fully saturated rings. The zero-order valence-corrected chi connectivity index (χ0v) is 8.97. The van der Waals surface area contributed by atoms with Crippen LogP contribution in [0.25, 0.3) is 0 Å². The molecule has 0 aromatic carbocycles. The average Bonchev–Trinajstić information content (AvgIpc) is 2.11. The first-order valence-corrected chi connectivity index (χ1v) is 5.46. The van der Waals surface area contributed by atoms with Crippen molar-refractivity contribution < 1.29 is 0 Å². The molecule has 2 atom stereocenters. The van der Waals surface area contributed by atoms with Crippen LogP contribution >= 0.6 is 0 Å². The molecule has 0 saturated heterocycles. The Morgan fingerprint density at radius 1 is 1.17 bits per heavy atom. The Morgan fingerprint density at radius 2 is 1.83 bits per heavy atom. The first-order chi connectivity index (χ1) is 5.76. The van der Waals surface area contributed by atoms with Crippen molar-refractivity contribution >= 4 is 0 Å². The molecule has 0 amide bonds. The van der Waals surface area contributed by atoms with Gasteiger partial charge in [0.1, 0.15) is 0 Å². The summed E-state index contributed by atoms with van der Waals surface area (Å²) in [5, 5.41) is 0. The van der Waals surface area contributed by atoms with E-state index in [0.717, 1.165) is 18.4 Å². The van der Waals surface area contributed by atoms with Gasteiger partial charge in [0, 0.05) is 0 Å². The zero-order chi connectivity index (χ0) is 9.40. The lowest BCUT2D eigenvalue weighted by Gasteiger charge is -2.22. The van der Waals surface area contributed by atoms with Gasteiger partial charge in [-0.05, 0) is 31.2 Å². The van der Waals surface area contributed by atoms with E-state index in [0.29, 0.717) is 0 Å². The highest BCUT2D eigenvalue weighted by Crippen LogP contribution is 2.24. The van der Waals surface area contributed by atoms with Gasteiger partial charge in [-0.25, -0.2) is 0 Å². The standard InChI is InChI=1S/C11H25N/c1-4-7-11(8-6-9-12)10(3)5-2/h10-11H,4-9,12H2,1-3H3. The Bertz CT molecular complexity index is 91.0. The smallest absolute Gasteiger partial charge is 0.00772 e. The van der Waals surface area contributed by atoms with Crippen LogP contribution in [0.4, 0.5) is 0 Å². The summed E-state index contributed by atoms with van der Waals surface area (Å²) in [6, 6.07) is 0. The Balaban J connectivity index is 3.68. The van der Waals surface area contributed by atoms with Crippen molar-refractivity contribution in [1.82, 2.24) is 0 Å². The molecule has 1 heteroatoms. The van der Waals surface area contributed by atoms with Crippen molar-refractivity contribution in [3.63, 3.8) is 0 Å². The summed E-state index contributed by atoms with van der Waals surface area (Å²) in [5.74, 6) is 1.81. The van der Waals surface area contributed by atoms with Crippen LogP contribution in [-0.2, 0) is 0 Å². The topological polar surface area (TPSA) is 26.0 Å². The Hall–Kier alpha value is -0.0400. The van der Waals surface area contributed by atoms with Crippen LogP contribution in [0.1, 0.15) is 52.9 Å². The second kappa shape index (κ2) is 7.60. The quantitative estimate of drug-likeness (QED) is 0.625. The van der Waals surface area contributed by atoms with Crippen molar-refractivity contribution in [2.75, 3.05) is 6.54 Å². The molecule has 0 aromatic heterocycles. The second-order valence-electron chi connectivity index (χ2n) is 3.87. The molecule has 74 valence electrons. The Morgan fingerprint density at radius 3 is 2.25 bits per heavy atom. The maximum atomic E-state index is 5.51. The van der Waals surface area contributed by atoms with Crippen molar-refractivity contribution in [2.24, 2.45) is 17.6 Å². The number of rotatable bonds is 7. The highest BCUT2D eigenvalue weighted by atomic mass is 14.5. The fourth-order valence-corrected chi connectivity index (χ4v) is 1.80. The molecule has 0 radical (unpaired) electrons. The van der Waals surface area contributed by atoms with E-state index in [1.807, 2.05) is 0 Å². The SMILES string of the molecule is CCCC(CCCN)C(C)CC. The summed E-state index contributed by atoms with van der Waals surface area (Å²) >= 11 is 0. The molecule has 0 aliphatic heterocycles. The van der Waals surface area contributed by atoms with Crippen LogP contribution < -0.4 is 5.73 Å². The molecular formula is C11H25N. The van der Waals surface area contributed by atoms with E-state index in [1.54, 1.807) is 0 Å². The predicted octanol–water partition coefficient (Wildman–Crippen LogP) is 3.19. The summed E-state index contributed by atoms with van der Waals surface area (Å²) in [4.78, 5) is 0. The third-order valence-corrected chi connectivity index (χ3v) is 2.89. The third kappa shape index (κ3) is 4.76. The van der Waals surface area contributed by atoms with Crippen LogP contribution in [0.5, 0.6) is 0 Å². The molecule has 0 aromatic rings. The largest absolute Gasteiger partial charge is 0.330 e. The first kappa shape index (κ1) is 12.0. The molecular weight excluding hydrogens is 146 g/mol. The molecule has 2 N–H and O–H groups in total. The van der Waals surface area contributed by atoms with Gasteiger partial charge in [-0.15, -0.1) is 0 Å². The average molecular weight is 171 g/mol. The molecule has 0 aliphatic carbocycles. The molecule has 0 spiro atoms. The van der Waals surface area contributed by atoms with Gasteiger partial charge in [-0.1, -0.05) is 40.0 Å². The van der Waals surface area contributed by atoms with Crippen LogP contribution in [0.2, 0.25) is 0 Å². The molecule has 1 nitrogen and oxygen atoms in total. The van der Waals surface area contributed by atoms with Gasteiger partial charge in [0.15, 0.2) is 0 Å². The van der Waals surface area contributed by atoms with E-state index in [2.05, 4.69) is 20.8 Å². The minimum atomic E-state index is 0.858. The van der Waals surface area contributed by atoms with Crippen molar-refractivity contribution in [1.29, 1.82) is 0 Å². The van der Waals surface area contributed by atoms with Crippen LogP contribution in [-0.4, -0.2) is 6.54 Å². The normalized spacial score (nSPS) is 16.0. The van der Waals surface area contributed by atoms with Crippen LogP contribution in [0, 0.1) is 11.8 Å². The highest BCUT2D eigenvalue weighted by Gasteiger charge is 2.13. The van der Waals surface area contributed by atoms with E-state index < -0.39 is 0 Å². The van der Waals surface area contributed by atoms with Crippen LogP contribution in [0.3, 0.4) is 0 Å². The number of hydrogen-bond acceptors (Lipinski definition) is 1. The minimum Gasteiger partial charge on any atom is -0.330 e. The predicted molar refractivity (Wildman–Crippen MR) is 56.1 cm³/mol. The lowest BCUT2D eigenvalue weighted by molar-refractivity contribution is 0.300. The van der Waals surface area contributed by atoms with Gasteiger partial charge in [-0.3, -0.25) is 0 Å². The lowest BCUT2D eigenvalue weighted by Crippen LogP contribution is -2.13.